The zero-order valence-electron chi connectivity index (χ0n) is 11.9. The van der Waals surface area contributed by atoms with Crippen molar-refractivity contribution in [2.75, 3.05) is 0 Å². The molecule has 116 valence electrons. The number of carbonyl (C=O) groups is 1. The molecule has 7 heteroatoms. The van der Waals surface area contributed by atoms with Gasteiger partial charge in [0, 0.05) is 23.1 Å². The maximum Gasteiger partial charge on any atom is 0.225 e. The smallest absolute Gasteiger partial charge is 0.225 e. The molecule has 0 radical (unpaired) electrons. The maximum absolute atomic E-state index is 12.3. The number of halogens is 1. The number of allylic oxidation sites excluding steroid dienone is 1. The van der Waals surface area contributed by atoms with E-state index in [1.165, 1.54) is 12.6 Å². The fourth-order valence-electron chi connectivity index (χ4n) is 2.14. The van der Waals surface area contributed by atoms with Crippen molar-refractivity contribution in [1.29, 1.82) is 0 Å². The van der Waals surface area contributed by atoms with Crippen LogP contribution < -0.4 is 0 Å². The quantitative estimate of drug-likeness (QED) is 0.425. The van der Waals surface area contributed by atoms with Gasteiger partial charge in [0.1, 0.15) is 6.33 Å². The summed E-state index contributed by atoms with van der Waals surface area (Å²) in [6.45, 7) is 0. The van der Waals surface area contributed by atoms with Crippen LogP contribution in [-0.4, -0.2) is 26.1 Å². The van der Waals surface area contributed by atoms with Gasteiger partial charge in [0.2, 0.25) is 5.78 Å². The molecule has 0 amide bonds. The number of rotatable bonds is 5. The summed E-state index contributed by atoms with van der Waals surface area (Å²) < 4.78 is 5.26. The average molecular weight is 330 g/mol. The van der Waals surface area contributed by atoms with Gasteiger partial charge in [-0.3, -0.25) is 9.89 Å². The van der Waals surface area contributed by atoms with Crippen molar-refractivity contribution >= 4 is 23.1 Å². The molecule has 0 saturated heterocycles. The minimum absolute atomic E-state index is 0.112. The van der Waals surface area contributed by atoms with E-state index in [-0.39, 0.29) is 17.3 Å². The minimum atomic E-state index is -0.457. The Hall–Kier alpha value is -2.86. The van der Waals surface area contributed by atoms with Crippen LogP contribution in [0.3, 0.4) is 0 Å². The second-order valence-corrected chi connectivity index (χ2v) is 5.25. The highest BCUT2D eigenvalue weighted by Crippen LogP contribution is 2.20. The van der Waals surface area contributed by atoms with Crippen LogP contribution in [0.5, 0.6) is 0 Å². The summed E-state index contributed by atoms with van der Waals surface area (Å²) in [5.74, 6) is -0.490. The third-order valence-corrected chi connectivity index (χ3v) is 3.41. The van der Waals surface area contributed by atoms with Gasteiger partial charge in [0.15, 0.2) is 17.3 Å². The van der Waals surface area contributed by atoms with E-state index in [9.17, 15) is 9.90 Å². The summed E-state index contributed by atoms with van der Waals surface area (Å²) >= 11 is 5.96. The summed E-state index contributed by atoms with van der Waals surface area (Å²) in [4.78, 5) is 16.0. The molecule has 6 nitrogen and oxygen atoms in total. The van der Waals surface area contributed by atoms with Crippen molar-refractivity contribution < 1.29 is 14.3 Å². The first-order valence-corrected chi connectivity index (χ1v) is 7.13. The largest absolute Gasteiger partial charge is 0.504 e. The van der Waals surface area contributed by atoms with E-state index in [0.29, 0.717) is 17.0 Å². The first-order valence-electron chi connectivity index (χ1n) is 6.75. The van der Waals surface area contributed by atoms with E-state index >= 15 is 0 Å². The molecule has 3 rings (SSSR count). The molecule has 23 heavy (non-hydrogen) atoms. The van der Waals surface area contributed by atoms with Crippen LogP contribution in [0.4, 0.5) is 0 Å². The Kier molecular flexibility index (Phi) is 4.25. The van der Waals surface area contributed by atoms with E-state index in [1.807, 2.05) is 18.2 Å². The van der Waals surface area contributed by atoms with E-state index < -0.39 is 5.78 Å². The summed E-state index contributed by atoms with van der Waals surface area (Å²) in [5, 5.41) is 16.6. The number of aliphatic hydroxyl groups excluding tert-OH is 1. The highest BCUT2D eigenvalue weighted by molar-refractivity contribution is 6.30. The Morgan fingerprint density at radius 3 is 3.00 bits per heavy atom. The number of nitrogens with one attached hydrogen (secondary N) is 1. The molecule has 0 aliphatic rings. The van der Waals surface area contributed by atoms with Crippen molar-refractivity contribution in [3.63, 3.8) is 0 Å². The third kappa shape index (κ3) is 3.49. The van der Waals surface area contributed by atoms with Gasteiger partial charge in [-0.05, 0) is 23.8 Å². The zero-order chi connectivity index (χ0) is 16.2. The van der Waals surface area contributed by atoms with E-state index in [2.05, 4.69) is 15.2 Å². The fraction of sp³-hybridized carbons (Fsp3) is 0.0625. The van der Waals surface area contributed by atoms with Crippen molar-refractivity contribution in [3.05, 3.63) is 76.7 Å². The summed E-state index contributed by atoms with van der Waals surface area (Å²) in [7, 11) is 0. The van der Waals surface area contributed by atoms with Crippen molar-refractivity contribution in [2.45, 2.75) is 6.42 Å². The lowest BCUT2D eigenvalue weighted by Crippen LogP contribution is -2.00. The number of aromatic nitrogens is 3. The Labute approximate surface area is 136 Å². The van der Waals surface area contributed by atoms with E-state index in [4.69, 9.17) is 16.0 Å². The van der Waals surface area contributed by atoms with Gasteiger partial charge in [0.05, 0.1) is 6.26 Å². The van der Waals surface area contributed by atoms with E-state index in [0.717, 1.165) is 11.6 Å². The molecule has 0 bridgehead atoms. The van der Waals surface area contributed by atoms with Crippen LogP contribution >= 0.6 is 11.6 Å². The van der Waals surface area contributed by atoms with Gasteiger partial charge in [0.25, 0.3) is 0 Å². The first kappa shape index (κ1) is 15.1. The van der Waals surface area contributed by atoms with Gasteiger partial charge < -0.3 is 9.52 Å². The molecular formula is C16H12ClN3O3. The number of carbonyl (C=O) groups excluding carboxylic acids is 1. The number of ketones is 1. The molecule has 0 saturated carbocycles. The van der Waals surface area contributed by atoms with Gasteiger partial charge in [-0.15, -0.1) is 0 Å². The van der Waals surface area contributed by atoms with Crippen LogP contribution in [-0.2, 0) is 6.42 Å². The number of H-pyrrole nitrogens is 1. The molecule has 0 spiro atoms. The molecule has 1 aromatic carbocycles. The number of furan rings is 1. The zero-order valence-corrected chi connectivity index (χ0v) is 12.6. The number of hydrogen-bond acceptors (Lipinski definition) is 5. The van der Waals surface area contributed by atoms with Crippen molar-refractivity contribution in [3.8, 4) is 0 Å². The Balaban J connectivity index is 1.83. The first-order chi connectivity index (χ1) is 11.1. The number of nitrogens with zero attached hydrogens (tertiary/aromatic N) is 2. The van der Waals surface area contributed by atoms with Crippen molar-refractivity contribution in [1.82, 2.24) is 15.2 Å². The molecule has 0 aliphatic carbocycles. The van der Waals surface area contributed by atoms with Crippen LogP contribution in [0, 0.1) is 0 Å². The lowest BCUT2D eigenvalue weighted by atomic mass is 10.0. The number of hydrogen-bond donors (Lipinski definition) is 2. The molecule has 2 N–H and O–H groups in total. The molecule has 0 atom stereocenters. The Morgan fingerprint density at radius 1 is 1.39 bits per heavy atom. The van der Waals surface area contributed by atoms with Crippen molar-refractivity contribution in [2.24, 2.45) is 0 Å². The second kappa shape index (κ2) is 6.50. The molecule has 2 aromatic heterocycles. The van der Waals surface area contributed by atoms with Crippen LogP contribution in [0.1, 0.15) is 27.5 Å². The standard InChI is InChI=1S/C16H12ClN3O3/c17-12-3-1-2-10(7-12)6-11-4-5-23-15(11)13(21)8-14(22)16-18-9-19-20-16/h1-5,7-9,22H,6H2,(H,18,19,20). The lowest BCUT2D eigenvalue weighted by molar-refractivity contribution is 0.102. The summed E-state index contributed by atoms with van der Waals surface area (Å²) in [6.07, 6.45) is 4.21. The highest BCUT2D eigenvalue weighted by Gasteiger charge is 2.16. The topological polar surface area (TPSA) is 92.0 Å². The van der Waals surface area contributed by atoms with Crippen LogP contribution in [0.25, 0.3) is 5.76 Å². The molecule has 0 aliphatic heterocycles. The van der Waals surface area contributed by atoms with Gasteiger partial charge in [-0.2, -0.15) is 5.10 Å². The highest BCUT2D eigenvalue weighted by atomic mass is 35.5. The SMILES string of the molecule is O=C(C=C(O)c1ncn[nH]1)c1occc1Cc1cccc(Cl)c1. The lowest BCUT2D eigenvalue weighted by Gasteiger charge is -2.02. The Morgan fingerprint density at radius 2 is 2.26 bits per heavy atom. The summed E-state index contributed by atoms with van der Waals surface area (Å²) in [5.41, 5.74) is 1.66. The van der Waals surface area contributed by atoms with Crippen LogP contribution in [0.2, 0.25) is 5.02 Å². The average Bonchev–Trinajstić information content (AvgIpc) is 3.18. The van der Waals surface area contributed by atoms with Crippen LogP contribution in [0.15, 0.2) is 53.4 Å². The number of aliphatic hydroxyl groups is 1. The monoisotopic (exact) mass is 329 g/mol. The van der Waals surface area contributed by atoms with Gasteiger partial charge in [-0.1, -0.05) is 23.7 Å². The fourth-order valence-corrected chi connectivity index (χ4v) is 2.36. The molecule has 2 heterocycles. The predicted octanol–water partition coefficient (Wildman–Crippen LogP) is 3.42. The predicted molar refractivity (Wildman–Crippen MR) is 84.3 cm³/mol. The second-order valence-electron chi connectivity index (χ2n) is 4.81. The third-order valence-electron chi connectivity index (χ3n) is 3.18. The maximum atomic E-state index is 12.3. The van der Waals surface area contributed by atoms with Gasteiger partial charge >= 0.3 is 0 Å². The van der Waals surface area contributed by atoms with Gasteiger partial charge in [-0.25, -0.2) is 4.98 Å². The molecular weight excluding hydrogens is 318 g/mol. The number of benzene rings is 1. The molecule has 0 fully saturated rings. The number of aromatic amines is 1. The Bertz CT molecular complexity index is 853. The van der Waals surface area contributed by atoms with E-state index in [1.54, 1.807) is 12.1 Å². The molecule has 0 unspecified atom stereocenters. The summed E-state index contributed by atoms with van der Waals surface area (Å²) in [6, 6.07) is 9.08. The minimum Gasteiger partial charge on any atom is -0.504 e. The molecule has 3 aromatic rings. The normalized spacial score (nSPS) is 11.6.